The molecule has 2 fully saturated rings. The summed E-state index contributed by atoms with van der Waals surface area (Å²) in [5, 5.41) is 9.54. The van der Waals surface area contributed by atoms with Gasteiger partial charge in [0, 0.05) is 6.54 Å². The summed E-state index contributed by atoms with van der Waals surface area (Å²) < 4.78 is 0. The van der Waals surface area contributed by atoms with E-state index >= 15 is 0 Å². The zero-order valence-electron chi connectivity index (χ0n) is 11.0. The molecular formula is C14H25NO2. The van der Waals surface area contributed by atoms with Crippen molar-refractivity contribution in [2.75, 3.05) is 19.6 Å². The molecule has 1 heterocycles. The van der Waals surface area contributed by atoms with Crippen LogP contribution in [0.15, 0.2) is 0 Å². The van der Waals surface area contributed by atoms with Gasteiger partial charge in [0.15, 0.2) is 0 Å². The maximum atomic E-state index is 11.6. The summed E-state index contributed by atoms with van der Waals surface area (Å²) in [5.74, 6) is 0.259. The summed E-state index contributed by atoms with van der Waals surface area (Å²) in [4.78, 5) is 14.0. The first-order chi connectivity index (χ1) is 8.12. The third kappa shape index (κ3) is 3.01. The molecule has 0 aromatic heterocycles. The Morgan fingerprint density at radius 1 is 1.24 bits per heavy atom. The Labute approximate surface area is 104 Å². The van der Waals surface area contributed by atoms with Crippen LogP contribution in [0.1, 0.15) is 51.9 Å². The molecule has 1 aliphatic carbocycles. The Hall–Kier alpha value is -0.570. The molecule has 3 nitrogen and oxygen atoms in total. The highest BCUT2D eigenvalue weighted by molar-refractivity contribution is 5.75. The number of nitrogens with zero attached hydrogens (tertiary/aromatic N) is 1. The molecule has 1 N–H and O–H groups in total. The fourth-order valence-corrected chi connectivity index (χ4v) is 3.32. The Morgan fingerprint density at radius 3 is 2.35 bits per heavy atom. The SMILES string of the molecule is CC1CCN(CC2(C(=O)O)CCCCC2)CC1. The number of piperidine rings is 1. The number of carboxylic acid groups (broad SMARTS) is 1. The standard InChI is InChI=1S/C14H25NO2/c1-12-5-9-15(10-6-12)11-14(13(16)17)7-3-2-4-8-14/h12H,2-11H2,1H3,(H,16,17). The number of carboxylic acids is 1. The highest BCUT2D eigenvalue weighted by Gasteiger charge is 2.41. The number of likely N-dealkylation sites (tertiary alicyclic amines) is 1. The lowest BCUT2D eigenvalue weighted by Gasteiger charge is -2.40. The molecule has 0 aromatic carbocycles. The van der Waals surface area contributed by atoms with Gasteiger partial charge in [0.05, 0.1) is 5.41 Å². The molecule has 2 rings (SSSR count). The first-order valence-corrected chi connectivity index (χ1v) is 7.08. The van der Waals surface area contributed by atoms with Gasteiger partial charge in [0.1, 0.15) is 0 Å². The zero-order valence-corrected chi connectivity index (χ0v) is 11.0. The van der Waals surface area contributed by atoms with Gasteiger partial charge in [-0.3, -0.25) is 4.79 Å². The van der Waals surface area contributed by atoms with Crippen LogP contribution in [-0.2, 0) is 4.79 Å². The molecule has 2 aliphatic rings. The van der Waals surface area contributed by atoms with Gasteiger partial charge >= 0.3 is 5.97 Å². The molecule has 0 aromatic rings. The number of hydrogen-bond acceptors (Lipinski definition) is 2. The van der Waals surface area contributed by atoms with Crippen molar-refractivity contribution in [3.63, 3.8) is 0 Å². The second-order valence-electron chi connectivity index (χ2n) is 6.10. The lowest BCUT2D eigenvalue weighted by Crippen LogP contribution is -2.46. The van der Waals surface area contributed by atoms with Gasteiger partial charge in [-0.25, -0.2) is 0 Å². The molecule has 0 bridgehead atoms. The number of carbonyl (C=O) groups is 1. The van der Waals surface area contributed by atoms with Crippen molar-refractivity contribution >= 4 is 5.97 Å². The van der Waals surface area contributed by atoms with Crippen molar-refractivity contribution in [1.29, 1.82) is 0 Å². The molecule has 3 heteroatoms. The maximum absolute atomic E-state index is 11.6. The van der Waals surface area contributed by atoms with Gasteiger partial charge < -0.3 is 10.0 Å². The monoisotopic (exact) mass is 239 g/mol. The molecule has 1 saturated heterocycles. The smallest absolute Gasteiger partial charge is 0.310 e. The fraction of sp³-hybridized carbons (Fsp3) is 0.929. The van der Waals surface area contributed by atoms with E-state index in [0.717, 1.165) is 51.2 Å². The molecule has 0 atom stereocenters. The largest absolute Gasteiger partial charge is 0.481 e. The van der Waals surface area contributed by atoms with Gasteiger partial charge in [-0.05, 0) is 44.7 Å². The van der Waals surface area contributed by atoms with Crippen LogP contribution in [0, 0.1) is 11.3 Å². The van der Waals surface area contributed by atoms with Crippen molar-refractivity contribution in [3.8, 4) is 0 Å². The van der Waals surface area contributed by atoms with E-state index in [1.807, 2.05) is 0 Å². The van der Waals surface area contributed by atoms with E-state index in [9.17, 15) is 9.90 Å². The van der Waals surface area contributed by atoms with Crippen LogP contribution in [0.3, 0.4) is 0 Å². The minimum atomic E-state index is -0.559. The molecular weight excluding hydrogens is 214 g/mol. The lowest BCUT2D eigenvalue weighted by molar-refractivity contribution is -0.152. The Bertz CT molecular complexity index is 263. The lowest BCUT2D eigenvalue weighted by atomic mass is 9.73. The molecule has 98 valence electrons. The predicted octanol–water partition coefficient (Wildman–Crippen LogP) is 2.75. The van der Waals surface area contributed by atoms with Crippen LogP contribution in [0.25, 0.3) is 0 Å². The number of aliphatic carboxylic acids is 1. The van der Waals surface area contributed by atoms with E-state index in [2.05, 4.69) is 11.8 Å². The van der Waals surface area contributed by atoms with Crippen molar-refractivity contribution in [1.82, 2.24) is 4.90 Å². The second-order valence-corrected chi connectivity index (χ2v) is 6.10. The molecule has 0 spiro atoms. The molecule has 17 heavy (non-hydrogen) atoms. The van der Waals surface area contributed by atoms with E-state index in [1.54, 1.807) is 0 Å². The van der Waals surface area contributed by atoms with Gasteiger partial charge in [0.2, 0.25) is 0 Å². The van der Waals surface area contributed by atoms with Gasteiger partial charge in [-0.1, -0.05) is 26.2 Å². The Kier molecular flexibility index (Phi) is 4.08. The van der Waals surface area contributed by atoms with Gasteiger partial charge in [-0.15, -0.1) is 0 Å². The molecule has 0 radical (unpaired) electrons. The van der Waals surface area contributed by atoms with Crippen molar-refractivity contribution in [2.45, 2.75) is 51.9 Å². The minimum Gasteiger partial charge on any atom is -0.481 e. The molecule has 1 saturated carbocycles. The maximum Gasteiger partial charge on any atom is 0.310 e. The van der Waals surface area contributed by atoms with Crippen LogP contribution >= 0.6 is 0 Å². The molecule has 0 amide bonds. The van der Waals surface area contributed by atoms with E-state index in [1.165, 1.54) is 19.3 Å². The highest BCUT2D eigenvalue weighted by atomic mass is 16.4. The first kappa shape index (κ1) is 12.9. The first-order valence-electron chi connectivity index (χ1n) is 7.08. The highest BCUT2D eigenvalue weighted by Crippen LogP contribution is 2.38. The zero-order chi connectivity index (χ0) is 12.3. The Morgan fingerprint density at radius 2 is 1.82 bits per heavy atom. The van der Waals surface area contributed by atoms with Crippen molar-refractivity contribution < 1.29 is 9.90 Å². The van der Waals surface area contributed by atoms with E-state index in [-0.39, 0.29) is 0 Å². The van der Waals surface area contributed by atoms with Crippen LogP contribution in [0.4, 0.5) is 0 Å². The summed E-state index contributed by atoms with van der Waals surface area (Å²) >= 11 is 0. The van der Waals surface area contributed by atoms with Crippen molar-refractivity contribution in [3.05, 3.63) is 0 Å². The summed E-state index contributed by atoms with van der Waals surface area (Å²) in [6.45, 7) is 5.27. The third-order valence-electron chi connectivity index (χ3n) is 4.67. The summed E-state index contributed by atoms with van der Waals surface area (Å²) in [6.07, 6.45) is 7.63. The van der Waals surface area contributed by atoms with Gasteiger partial charge in [-0.2, -0.15) is 0 Å². The summed E-state index contributed by atoms with van der Waals surface area (Å²) in [7, 11) is 0. The van der Waals surface area contributed by atoms with Crippen LogP contribution in [0.5, 0.6) is 0 Å². The predicted molar refractivity (Wildman–Crippen MR) is 68.0 cm³/mol. The minimum absolute atomic E-state index is 0.432. The average molecular weight is 239 g/mol. The quantitative estimate of drug-likeness (QED) is 0.823. The normalized spacial score (nSPS) is 26.9. The fourth-order valence-electron chi connectivity index (χ4n) is 3.32. The Balaban J connectivity index is 1.95. The van der Waals surface area contributed by atoms with E-state index in [4.69, 9.17) is 0 Å². The average Bonchev–Trinajstić information content (AvgIpc) is 2.33. The number of rotatable bonds is 3. The second kappa shape index (κ2) is 5.38. The summed E-state index contributed by atoms with van der Waals surface area (Å²) in [5.41, 5.74) is -0.432. The van der Waals surface area contributed by atoms with Crippen LogP contribution in [-0.4, -0.2) is 35.6 Å². The number of hydrogen-bond donors (Lipinski definition) is 1. The van der Waals surface area contributed by atoms with Gasteiger partial charge in [0.25, 0.3) is 0 Å². The molecule has 1 aliphatic heterocycles. The molecule has 0 unspecified atom stereocenters. The topological polar surface area (TPSA) is 40.5 Å². The third-order valence-corrected chi connectivity index (χ3v) is 4.67. The van der Waals surface area contributed by atoms with Crippen LogP contribution < -0.4 is 0 Å². The summed E-state index contributed by atoms with van der Waals surface area (Å²) in [6, 6.07) is 0. The van der Waals surface area contributed by atoms with E-state index < -0.39 is 11.4 Å². The van der Waals surface area contributed by atoms with Crippen LogP contribution in [0.2, 0.25) is 0 Å². The van der Waals surface area contributed by atoms with Crippen molar-refractivity contribution in [2.24, 2.45) is 11.3 Å². The van der Waals surface area contributed by atoms with E-state index in [0.29, 0.717) is 0 Å².